The molecule has 104 valence electrons. The third-order valence-corrected chi connectivity index (χ3v) is 4.17. The summed E-state index contributed by atoms with van der Waals surface area (Å²) in [7, 11) is 0. The van der Waals surface area contributed by atoms with Crippen LogP contribution in [0.3, 0.4) is 0 Å². The first-order chi connectivity index (χ1) is 8.93. The van der Waals surface area contributed by atoms with E-state index in [2.05, 4.69) is 26.2 Å². The molecule has 0 aliphatic carbocycles. The molecule has 0 spiro atoms. The van der Waals surface area contributed by atoms with Gasteiger partial charge in [-0.15, -0.1) is 11.3 Å². The van der Waals surface area contributed by atoms with Gasteiger partial charge in [0.2, 0.25) is 0 Å². The van der Waals surface area contributed by atoms with E-state index in [9.17, 15) is 13.2 Å². The van der Waals surface area contributed by atoms with E-state index in [4.69, 9.17) is 4.42 Å². The molecule has 0 bridgehead atoms. The maximum absolute atomic E-state index is 12.6. The molecule has 19 heavy (non-hydrogen) atoms. The summed E-state index contributed by atoms with van der Waals surface area (Å²) in [6.45, 7) is 2.49. The molecule has 2 aromatic heterocycles. The maximum atomic E-state index is 12.6. The van der Waals surface area contributed by atoms with E-state index < -0.39 is 11.2 Å². The Hall–Kier alpha value is -0.860. The Morgan fingerprint density at radius 1 is 1.53 bits per heavy atom. The molecule has 0 amide bonds. The van der Waals surface area contributed by atoms with Crippen molar-refractivity contribution < 1.29 is 17.6 Å². The number of rotatable bonds is 4. The van der Waals surface area contributed by atoms with Crippen molar-refractivity contribution in [3.05, 3.63) is 38.6 Å². The standard InChI is InChI=1S/C11H10BrF3N2OS/c1-2-16-8(6-3-4-18-9(6)12)7-5-17-10(19-7)11(13,14)15/h3-5,8,16H,2H2,1H3. The van der Waals surface area contributed by atoms with Crippen LogP contribution in [0.2, 0.25) is 0 Å². The SMILES string of the molecule is CCNC(c1cnc(C(F)(F)F)s1)c1ccoc1Br. The lowest BCUT2D eigenvalue weighted by Gasteiger charge is -2.14. The van der Waals surface area contributed by atoms with Crippen LogP contribution in [0.25, 0.3) is 0 Å². The molecule has 2 aromatic rings. The quantitative estimate of drug-likeness (QED) is 0.893. The molecule has 8 heteroatoms. The summed E-state index contributed by atoms with van der Waals surface area (Å²) in [5.41, 5.74) is 0.749. The van der Waals surface area contributed by atoms with E-state index in [1.807, 2.05) is 6.92 Å². The number of halogens is 4. The number of nitrogens with one attached hydrogen (secondary N) is 1. The Kier molecular flexibility index (Phi) is 4.32. The molecule has 1 unspecified atom stereocenters. The van der Waals surface area contributed by atoms with E-state index in [0.717, 1.165) is 5.56 Å². The molecule has 0 aromatic carbocycles. The first kappa shape index (κ1) is 14.5. The van der Waals surface area contributed by atoms with Crippen LogP contribution in [-0.4, -0.2) is 11.5 Å². The Morgan fingerprint density at radius 3 is 2.74 bits per heavy atom. The van der Waals surface area contributed by atoms with Gasteiger partial charge in [0.25, 0.3) is 0 Å². The van der Waals surface area contributed by atoms with Gasteiger partial charge in [0.15, 0.2) is 9.68 Å². The van der Waals surface area contributed by atoms with Gasteiger partial charge in [0, 0.05) is 16.6 Å². The predicted molar refractivity (Wildman–Crippen MR) is 69.0 cm³/mol. The molecule has 2 heterocycles. The predicted octanol–water partition coefficient (Wildman–Crippen LogP) is 4.22. The average molecular weight is 355 g/mol. The van der Waals surface area contributed by atoms with Crippen molar-refractivity contribution in [1.29, 1.82) is 0 Å². The van der Waals surface area contributed by atoms with Crippen molar-refractivity contribution in [2.75, 3.05) is 6.54 Å². The highest BCUT2D eigenvalue weighted by Gasteiger charge is 2.35. The summed E-state index contributed by atoms with van der Waals surface area (Å²) in [5.74, 6) is 0. The minimum Gasteiger partial charge on any atom is -0.457 e. The Labute approximate surface area is 120 Å². The molecular formula is C11H10BrF3N2OS. The van der Waals surface area contributed by atoms with Crippen molar-refractivity contribution in [2.45, 2.75) is 19.1 Å². The molecule has 0 aliphatic heterocycles. The largest absolute Gasteiger partial charge is 0.457 e. The molecule has 0 fully saturated rings. The zero-order valence-corrected chi connectivity index (χ0v) is 12.2. The Balaban J connectivity index is 2.35. The highest BCUT2D eigenvalue weighted by molar-refractivity contribution is 9.10. The van der Waals surface area contributed by atoms with Crippen LogP contribution >= 0.6 is 27.3 Å². The van der Waals surface area contributed by atoms with Crippen molar-refractivity contribution in [3.8, 4) is 0 Å². The van der Waals surface area contributed by atoms with Crippen LogP contribution in [0.5, 0.6) is 0 Å². The van der Waals surface area contributed by atoms with Gasteiger partial charge in [0.1, 0.15) is 0 Å². The average Bonchev–Trinajstić information content (AvgIpc) is 2.94. The van der Waals surface area contributed by atoms with Gasteiger partial charge in [-0.25, -0.2) is 4.98 Å². The first-order valence-electron chi connectivity index (χ1n) is 5.42. The lowest BCUT2D eigenvalue weighted by molar-refractivity contribution is -0.137. The van der Waals surface area contributed by atoms with Crippen molar-refractivity contribution in [1.82, 2.24) is 10.3 Å². The third-order valence-electron chi connectivity index (χ3n) is 2.42. The van der Waals surface area contributed by atoms with Crippen LogP contribution in [-0.2, 0) is 6.18 Å². The number of hydrogen-bond donors (Lipinski definition) is 1. The van der Waals surface area contributed by atoms with Crippen LogP contribution in [0.4, 0.5) is 13.2 Å². The zero-order chi connectivity index (χ0) is 14.0. The smallest absolute Gasteiger partial charge is 0.443 e. The summed E-state index contributed by atoms with van der Waals surface area (Å²) < 4.78 is 43.3. The lowest BCUT2D eigenvalue weighted by Crippen LogP contribution is -2.20. The number of furan rings is 1. The van der Waals surface area contributed by atoms with Gasteiger partial charge in [0.05, 0.1) is 12.3 Å². The number of alkyl halides is 3. The fourth-order valence-electron chi connectivity index (χ4n) is 1.63. The van der Waals surface area contributed by atoms with Crippen LogP contribution in [0.15, 0.2) is 27.6 Å². The second kappa shape index (κ2) is 5.64. The molecule has 0 saturated carbocycles. The van der Waals surface area contributed by atoms with Crippen molar-refractivity contribution in [2.24, 2.45) is 0 Å². The number of hydrogen-bond acceptors (Lipinski definition) is 4. The summed E-state index contributed by atoms with van der Waals surface area (Å²) in [5, 5.41) is 2.28. The molecule has 0 saturated heterocycles. The van der Waals surface area contributed by atoms with Gasteiger partial charge >= 0.3 is 6.18 Å². The van der Waals surface area contributed by atoms with E-state index >= 15 is 0 Å². The molecule has 0 aliphatic rings. The normalized spacial score (nSPS) is 13.7. The maximum Gasteiger partial charge on any atom is 0.443 e. The Morgan fingerprint density at radius 2 is 2.26 bits per heavy atom. The van der Waals surface area contributed by atoms with E-state index in [1.54, 1.807) is 6.07 Å². The fraction of sp³-hybridized carbons (Fsp3) is 0.364. The van der Waals surface area contributed by atoms with Crippen molar-refractivity contribution in [3.63, 3.8) is 0 Å². The molecule has 1 N–H and O–H groups in total. The van der Waals surface area contributed by atoms with E-state index in [-0.39, 0.29) is 6.04 Å². The highest BCUT2D eigenvalue weighted by Crippen LogP contribution is 2.37. The molecule has 2 rings (SSSR count). The number of thiazole rings is 1. The van der Waals surface area contributed by atoms with Gasteiger partial charge < -0.3 is 9.73 Å². The fourth-order valence-corrected chi connectivity index (χ4v) is 2.98. The molecule has 0 radical (unpaired) electrons. The van der Waals surface area contributed by atoms with E-state index in [1.165, 1.54) is 12.5 Å². The minimum atomic E-state index is -4.41. The van der Waals surface area contributed by atoms with Crippen LogP contribution in [0.1, 0.15) is 28.4 Å². The lowest BCUT2D eigenvalue weighted by atomic mass is 10.1. The topological polar surface area (TPSA) is 38.1 Å². The van der Waals surface area contributed by atoms with Crippen LogP contribution in [0, 0.1) is 0 Å². The second-order valence-electron chi connectivity index (χ2n) is 3.71. The van der Waals surface area contributed by atoms with Gasteiger partial charge in [-0.2, -0.15) is 13.2 Å². The summed E-state index contributed by atoms with van der Waals surface area (Å²) in [6.07, 6.45) is -1.68. The summed E-state index contributed by atoms with van der Waals surface area (Å²) in [6, 6.07) is 1.34. The third kappa shape index (κ3) is 3.18. The zero-order valence-electron chi connectivity index (χ0n) is 9.79. The van der Waals surface area contributed by atoms with Gasteiger partial charge in [-0.05, 0) is 28.5 Å². The van der Waals surface area contributed by atoms with Crippen LogP contribution < -0.4 is 5.32 Å². The number of aromatic nitrogens is 1. The minimum absolute atomic E-state index is 0.369. The molecule has 3 nitrogen and oxygen atoms in total. The molecular weight excluding hydrogens is 345 g/mol. The highest BCUT2D eigenvalue weighted by atomic mass is 79.9. The van der Waals surface area contributed by atoms with Crippen molar-refractivity contribution >= 4 is 27.3 Å². The van der Waals surface area contributed by atoms with Gasteiger partial charge in [-0.3, -0.25) is 0 Å². The van der Waals surface area contributed by atoms with E-state index in [0.29, 0.717) is 27.4 Å². The van der Waals surface area contributed by atoms with Gasteiger partial charge in [-0.1, -0.05) is 6.92 Å². The summed E-state index contributed by atoms with van der Waals surface area (Å²) >= 11 is 3.87. The first-order valence-corrected chi connectivity index (χ1v) is 7.03. The monoisotopic (exact) mass is 354 g/mol. The molecule has 1 atom stereocenters. The summed E-state index contributed by atoms with van der Waals surface area (Å²) in [4.78, 5) is 3.93. The second-order valence-corrected chi connectivity index (χ2v) is 5.49. The Bertz CT molecular complexity index is 552. The number of nitrogens with zero attached hydrogens (tertiary/aromatic N) is 1.